The largest absolute Gasteiger partial charge is 0.299 e. The molecule has 0 N–H and O–H groups in total. The van der Waals surface area contributed by atoms with E-state index >= 15 is 0 Å². The fourth-order valence-corrected chi connectivity index (χ4v) is 2.33. The van der Waals surface area contributed by atoms with Crippen LogP contribution in [0.5, 0.6) is 0 Å². The van der Waals surface area contributed by atoms with Crippen molar-refractivity contribution >= 4 is 5.78 Å². The molecule has 0 aromatic rings. The highest BCUT2D eigenvalue weighted by molar-refractivity contribution is 5.83. The number of carbonyl (C=O) groups is 1. The summed E-state index contributed by atoms with van der Waals surface area (Å²) in [4.78, 5) is 11.2. The van der Waals surface area contributed by atoms with E-state index in [-0.39, 0.29) is 11.8 Å². The standard InChI is InChI=1S/C9H11NO/c10-5-6-4-8-7(6)2-1-3-9(8)11/h6-8H,1-4H2/t6?,7-,8+/m1/s1. The van der Waals surface area contributed by atoms with Crippen LogP contribution in [0, 0.1) is 29.1 Å². The van der Waals surface area contributed by atoms with Crippen LogP contribution in [0.4, 0.5) is 0 Å². The van der Waals surface area contributed by atoms with E-state index in [1.165, 1.54) is 0 Å². The molecule has 0 bridgehead atoms. The minimum Gasteiger partial charge on any atom is -0.299 e. The van der Waals surface area contributed by atoms with Gasteiger partial charge in [-0.05, 0) is 25.2 Å². The van der Waals surface area contributed by atoms with Crippen LogP contribution in [0.25, 0.3) is 0 Å². The van der Waals surface area contributed by atoms with E-state index in [4.69, 9.17) is 5.26 Å². The summed E-state index contributed by atoms with van der Waals surface area (Å²) in [5, 5.41) is 8.65. The Bertz CT molecular complexity index is 228. The van der Waals surface area contributed by atoms with Gasteiger partial charge in [-0.15, -0.1) is 0 Å². The first-order chi connectivity index (χ1) is 5.33. The summed E-state index contributed by atoms with van der Waals surface area (Å²) < 4.78 is 0. The molecular weight excluding hydrogens is 138 g/mol. The first-order valence-corrected chi connectivity index (χ1v) is 4.25. The van der Waals surface area contributed by atoms with Crippen molar-refractivity contribution in [3.63, 3.8) is 0 Å². The quantitative estimate of drug-likeness (QED) is 0.524. The molecule has 2 aliphatic carbocycles. The molecule has 58 valence electrons. The van der Waals surface area contributed by atoms with Crippen LogP contribution in [0.2, 0.25) is 0 Å². The number of rotatable bonds is 0. The molecule has 0 spiro atoms. The third kappa shape index (κ3) is 0.875. The third-order valence-electron chi connectivity index (χ3n) is 3.08. The van der Waals surface area contributed by atoms with Gasteiger partial charge in [-0.2, -0.15) is 5.26 Å². The lowest BCUT2D eigenvalue weighted by molar-refractivity contribution is -0.133. The van der Waals surface area contributed by atoms with E-state index in [9.17, 15) is 4.79 Å². The molecule has 1 unspecified atom stereocenters. The van der Waals surface area contributed by atoms with Gasteiger partial charge in [0.2, 0.25) is 0 Å². The van der Waals surface area contributed by atoms with Crippen molar-refractivity contribution < 1.29 is 4.79 Å². The van der Waals surface area contributed by atoms with Crippen molar-refractivity contribution in [1.82, 2.24) is 0 Å². The topological polar surface area (TPSA) is 40.9 Å². The molecule has 0 heterocycles. The Kier molecular flexibility index (Phi) is 1.45. The normalized spacial score (nSPS) is 42.1. The molecule has 0 radical (unpaired) electrons. The minimum absolute atomic E-state index is 0.198. The van der Waals surface area contributed by atoms with Crippen molar-refractivity contribution in [2.24, 2.45) is 17.8 Å². The summed E-state index contributed by atoms with van der Waals surface area (Å²) >= 11 is 0. The van der Waals surface area contributed by atoms with Gasteiger partial charge in [-0.3, -0.25) is 4.79 Å². The summed E-state index contributed by atoms with van der Waals surface area (Å²) in [6.45, 7) is 0. The van der Waals surface area contributed by atoms with Gasteiger partial charge in [-0.25, -0.2) is 0 Å². The molecule has 0 aliphatic heterocycles. The zero-order valence-electron chi connectivity index (χ0n) is 6.42. The first-order valence-electron chi connectivity index (χ1n) is 4.25. The molecule has 2 rings (SSSR count). The van der Waals surface area contributed by atoms with Crippen molar-refractivity contribution in [1.29, 1.82) is 5.26 Å². The average Bonchev–Trinajstić information content (AvgIpc) is 1.95. The Morgan fingerprint density at radius 1 is 1.55 bits per heavy atom. The first kappa shape index (κ1) is 6.84. The maximum atomic E-state index is 11.2. The Labute approximate surface area is 66.2 Å². The molecule has 0 saturated heterocycles. The number of Topliss-reactive ketones (excluding diaryl/α,β-unsaturated/α-hetero) is 1. The Balaban J connectivity index is 2.06. The summed E-state index contributed by atoms with van der Waals surface area (Å²) in [5.74, 6) is 1.31. The Morgan fingerprint density at radius 2 is 2.36 bits per heavy atom. The average molecular weight is 149 g/mol. The van der Waals surface area contributed by atoms with E-state index in [1.807, 2.05) is 0 Å². The lowest BCUT2D eigenvalue weighted by Crippen LogP contribution is -2.43. The van der Waals surface area contributed by atoms with E-state index in [1.54, 1.807) is 0 Å². The van der Waals surface area contributed by atoms with Crippen LogP contribution in [0.15, 0.2) is 0 Å². The van der Waals surface area contributed by atoms with E-state index in [0.29, 0.717) is 11.7 Å². The van der Waals surface area contributed by atoms with Gasteiger partial charge >= 0.3 is 0 Å². The fourth-order valence-electron chi connectivity index (χ4n) is 2.33. The van der Waals surface area contributed by atoms with Gasteiger partial charge in [0.05, 0.1) is 12.0 Å². The summed E-state index contributed by atoms with van der Waals surface area (Å²) in [6, 6.07) is 2.27. The molecule has 0 amide bonds. The Hall–Kier alpha value is -0.840. The number of ketones is 1. The maximum absolute atomic E-state index is 11.2. The number of hydrogen-bond donors (Lipinski definition) is 0. The van der Waals surface area contributed by atoms with E-state index in [0.717, 1.165) is 25.7 Å². The molecule has 0 aromatic carbocycles. The highest BCUT2D eigenvalue weighted by atomic mass is 16.1. The molecule has 2 heteroatoms. The number of fused-ring (bicyclic) bond motifs is 1. The van der Waals surface area contributed by atoms with Crippen molar-refractivity contribution in [2.45, 2.75) is 25.7 Å². The lowest BCUT2D eigenvalue weighted by Gasteiger charge is -2.43. The second-order valence-electron chi connectivity index (χ2n) is 3.60. The zero-order chi connectivity index (χ0) is 7.84. The SMILES string of the molecule is N#CC1C[C@@H]2C(=O)CCC[C@H]12. The predicted octanol–water partition coefficient (Wildman–Crippen LogP) is 1.52. The fraction of sp³-hybridized carbons (Fsp3) is 0.778. The molecule has 2 fully saturated rings. The highest BCUT2D eigenvalue weighted by Crippen LogP contribution is 2.47. The number of hydrogen-bond acceptors (Lipinski definition) is 2. The maximum Gasteiger partial charge on any atom is 0.136 e. The molecule has 3 atom stereocenters. The smallest absolute Gasteiger partial charge is 0.136 e. The molecule has 2 saturated carbocycles. The number of nitrogens with zero attached hydrogens (tertiary/aromatic N) is 1. The lowest BCUT2D eigenvalue weighted by atomic mass is 9.59. The van der Waals surface area contributed by atoms with E-state index in [2.05, 4.69) is 6.07 Å². The van der Waals surface area contributed by atoms with Gasteiger partial charge in [0, 0.05) is 12.3 Å². The second-order valence-corrected chi connectivity index (χ2v) is 3.60. The third-order valence-corrected chi connectivity index (χ3v) is 3.08. The summed E-state index contributed by atoms with van der Waals surface area (Å²) in [5.41, 5.74) is 0. The molecule has 2 aliphatic rings. The van der Waals surface area contributed by atoms with Crippen LogP contribution in [0.1, 0.15) is 25.7 Å². The highest BCUT2D eigenvalue weighted by Gasteiger charge is 2.46. The van der Waals surface area contributed by atoms with Crippen molar-refractivity contribution in [2.75, 3.05) is 0 Å². The van der Waals surface area contributed by atoms with Gasteiger partial charge in [0.1, 0.15) is 5.78 Å². The molecule has 11 heavy (non-hydrogen) atoms. The monoisotopic (exact) mass is 149 g/mol. The van der Waals surface area contributed by atoms with Gasteiger partial charge in [0.15, 0.2) is 0 Å². The van der Waals surface area contributed by atoms with Crippen molar-refractivity contribution in [3.05, 3.63) is 0 Å². The Morgan fingerprint density at radius 3 is 3.09 bits per heavy atom. The number of carbonyl (C=O) groups excluding carboxylic acids is 1. The molecule has 2 nitrogen and oxygen atoms in total. The second kappa shape index (κ2) is 2.34. The van der Waals surface area contributed by atoms with Crippen LogP contribution >= 0.6 is 0 Å². The number of nitriles is 1. The van der Waals surface area contributed by atoms with Crippen molar-refractivity contribution in [3.8, 4) is 6.07 Å². The minimum atomic E-state index is 0.198. The molecule has 0 aromatic heterocycles. The van der Waals surface area contributed by atoms with E-state index < -0.39 is 0 Å². The van der Waals surface area contributed by atoms with Crippen LogP contribution in [-0.4, -0.2) is 5.78 Å². The summed E-state index contributed by atoms with van der Waals surface area (Å²) in [6.07, 6.45) is 3.73. The van der Waals surface area contributed by atoms with Crippen LogP contribution in [-0.2, 0) is 4.79 Å². The zero-order valence-corrected chi connectivity index (χ0v) is 6.42. The van der Waals surface area contributed by atoms with Gasteiger partial charge in [-0.1, -0.05) is 0 Å². The van der Waals surface area contributed by atoms with Gasteiger partial charge < -0.3 is 0 Å². The van der Waals surface area contributed by atoms with Crippen LogP contribution < -0.4 is 0 Å². The predicted molar refractivity (Wildman–Crippen MR) is 39.6 cm³/mol. The molecular formula is C9H11NO. The summed E-state index contributed by atoms with van der Waals surface area (Å²) in [7, 11) is 0. The van der Waals surface area contributed by atoms with Gasteiger partial charge in [0.25, 0.3) is 0 Å². The van der Waals surface area contributed by atoms with Crippen LogP contribution in [0.3, 0.4) is 0 Å².